The first kappa shape index (κ1) is 16.3. The molecule has 1 N–H and O–H groups in total. The first-order chi connectivity index (χ1) is 9.67. The van der Waals surface area contributed by atoms with Crippen molar-refractivity contribution in [3.05, 3.63) is 29.3 Å². The van der Waals surface area contributed by atoms with Crippen LogP contribution in [-0.4, -0.2) is 38.9 Å². The third-order valence-corrected chi connectivity index (χ3v) is 5.78. The molecule has 118 valence electrons. The van der Waals surface area contributed by atoms with Gasteiger partial charge in [0.15, 0.2) is 0 Å². The third kappa shape index (κ3) is 3.07. The third-order valence-electron chi connectivity index (χ3n) is 3.77. The van der Waals surface area contributed by atoms with Crippen molar-refractivity contribution in [2.75, 3.05) is 20.1 Å². The number of rotatable bonds is 3. The van der Waals surface area contributed by atoms with Crippen molar-refractivity contribution in [3.63, 3.8) is 0 Å². The SMILES string of the molecule is CNC1CCN(S(=O)(=O)c2cccc(C(F)(F)F)c2C)C1. The van der Waals surface area contributed by atoms with E-state index in [2.05, 4.69) is 5.32 Å². The number of sulfonamides is 1. The molecule has 1 unspecified atom stereocenters. The van der Waals surface area contributed by atoms with Crippen LogP contribution in [0.3, 0.4) is 0 Å². The second kappa shape index (κ2) is 5.58. The number of benzene rings is 1. The lowest BCUT2D eigenvalue weighted by molar-refractivity contribution is -0.138. The molecule has 0 aromatic heterocycles. The number of likely N-dealkylation sites (N-methyl/N-ethyl adjacent to an activating group) is 1. The zero-order chi connectivity index (χ0) is 15.8. The van der Waals surface area contributed by atoms with Crippen LogP contribution in [0.4, 0.5) is 13.2 Å². The van der Waals surface area contributed by atoms with E-state index >= 15 is 0 Å². The Hall–Kier alpha value is -1.12. The van der Waals surface area contributed by atoms with E-state index in [9.17, 15) is 21.6 Å². The zero-order valence-corrected chi connectivity index (χ0v) is 12.6. The first-order valence-corrected chi connectivity index (χ1v) is 7.96. The summed E-state index contributed by atoms with van der Waals surface area (Å²) >= 11 is 0. The molecular formula is C13H17F3N2O2S. The van der Waals surface area contributed by atoms with Crippen molar-refractivity contribution in [3.8, 4) is 0 Å². The minimum atomic E-state index is -4.56. The van der Waals surface area contributed by atoms with Gasteiger partial charge >= 0.3 is 6.18 Å². The molecule has 1 aliphatic heterocycles. The molecule has 8 heteroatoms. The lowest BCUT2D eigenvalue weighted by Crippen LogP contribution is -2.34. The molecule has 0 saturated carbocycles. The van der Waals surface area contributed by atoms with Gasteiger partial charge in [-0.15, -0.1) is 0 Å². The van der Waals surface area contributed by atoms with Crippen LogP contribution in [0, 0.1) is 6.92 Å². The molecule has 1 atom stereocenters. The molecule has 1 fully saturated rings. The van der Waals surface area contributed by atoms with Gasteiger partial charge in [0, 0.05) is 19.1 Å². The van der Waals surface area contributed by atoms with Gasteiger partial charge in [-0.25, -0.2) is 8.42 Å². The summed E-state index contributed by atoms with van der Waals surface area (Å²) in [6.07, 6.45) is -3.91. The van der Waals surface area contributed by atoms with Gasteiger partial charge in [0.25, 0.3) is 0 Å². The lowest BCUT2D eigenvalue weighted by Gasteiger charge is -2.20. The highest BCUT2D eigenvalue weighted by Gasteiger charge is 2.37. The highest BCUT2D eigenvalue weighted by atomic mass is 32.2. The fourth-order valence-electron chi connectivity index (χ4n) is 2.52. The summed E-state index contributed by atoms with van der Waals surface area (Å²) in [5.74, 6) is 0. The molecule has 0 aliphatic carbocycles. The van der Waals surface area contributed by atoms with Crippen LogP contribution in [0.2, 0.25) is 0 Å². The van der Waals surface area contributed by atoms with Crippen molar-refractivity contribution < 1.29 is 21.6 Å². The molecule has 1 saturated heterocycles. The molecule has 1 heterocycles. The molecule has 1 aliphatic rings. The summed E-state index contributed by atoms with van der Waals surface area (Å²) < 4.78 is 65.0. The second-order valence-corrected chi connectivity index (χ2v) is 6.97. The normalized spacial score (nSPS) is 20.9. The second-order valence-electron chi connectivity index (χ2n) is 5.06. The van der Waals surface area contributed by atoms with Crippen molar-refractivity contribution >= 4 is 10.0 Å². The molecule has 0 amide bonds. The van der Waals surface area contributed by atoms with Crippen LogP contribution >= 0.6 is 0 Å². The van der Waals surface area contributed by atoms with Crippen molar-refractivity contribution in [2.45, 2.75) is 30.5 Å². The van der Waals surface area contributed by atoms with Crippen LogP contribution in [0.15, 0.2) is 23.1 Å². The molecule has 4 nitrogen and oxygen atoms in total. The summed E-state index contributed by atoms with van der Waals surface area (Å²) in [4.78, 5) is -0.269. The van der Waals surface area contributed by atoms with E-state index < -0.39 is 21.8 Å². The maximum Gasteiger partial charge on any atom is 0.416 e. The highest BCUT2D eigenvalue weighted by Crippen LogP contribution is 2.35. The zero-order valence-electron chi connectivity index (χ0n) is 11.7. The Labute approximate surface area is 122 Å². The van der Waals surface area contributed by atoms with Crippen molar-refractivity contribution in [2.24, 2.45) is 0 Å². The van der Waals surface area contributed by atoms with Gasteiger partial charge in [-0.1, -0.05) is 6.07 Å². The summed E-state index contributed by atoms with van der Waals surface area (Å²) in [6.45, 7) is 1.78. The molecule has 1 aromatic rings. The lowest BCUT2D eigenvalue weighted by atomic mass is 10.1. The fourth-order valence-corrected chi connectivity index (χ4v) is 4.27. The van der Waals surface area contributed by atoms with Gasteiger partial charge < -0.3 is 5.32 Å². The molecule has 21 heavy (non-hydrogen) atoms. The standard InChI is InChI=1S/C13H17F3N2O2S/c1-9-11(13(14,15)16)4-3-5-12(9)21(19,20)18-7-6-10(8-18)17-2/h3-5,10,17H,6-8H2,1-2H3. The van der Waals surface area contributed by atoms with Crippen LogP contribution < -0.4 is 5.32 Å². The molecule has 0 radical (unpaired) electrons. The number of hydrogen-bond donors (Lipinski definition) is 1. The van der Waals surface area contributed by atoms with Gasteiger partial charge in [-0.3, -0.25) is 0 Å². The monoisotopic (exact) mass is 322 g/mol. The maximum absolute atomic E-state index is 12.9. The van der Waals surface area contributed by atoms with E-state index in [1.807, 2.05) is 0 Å². The first-order valence-electron chi connectivity index (χ1n) is 6.52. The Morgan fingerprint density at radius 1 is 1.33 bits per heavy atom. The predicted octanol–water partition coefficient (Wildman–Crippen LogP) is 2.00. The van der Waals surface area contributed by atoms with Crippen LogP contribution in [-0.2, 0) is 16.2 Å². The Balaban J connectivity index is 2.42. The van der Waals surface area contributed by atoms with Crippen LogP contribution in [0.1, 0.15) is 17.5 Å². The maximum atomic E-state index is 12.9. The quantitative estimate of drug-likeness (QED) is 0.926. The number of halogens is 3. The van der Waals surface area contributed by atoms with E-state index in [1.165, 1.54) is 17.3 Å². The highest BCUT2D eigenvalue weighted by molar-refractivity contribution is 7.89. The van der Waals surface area contributed by atoms with Crippen molar-refractivity contribution in [1.82, 2.24) is 9.62 Å². The van der Waals surface area contributed by atoms with Crippen molar-refractivity contribution in [1.29, 1.82) is 0 Å². The predicted molar refractivity (Wildman–Crippen MR) is 72.4 cm³/mol. The molecule has 1 aromatic carbocycles. The minimum Gasteiger partial charge on any atom is -0.316 e. The number of alkyl halides is 3. The van der Waals surface area contributed by atoms with E-state index in [0.29, 0.717) is 13.0 Å². The van der Waals surface area contributed by atoms with E-state index in [4.69, 9.17) is 0 Å². The molecule has 0 bridgehead atoms. The van der Waals surface area contributed by atoms with E-state index in [0.717, 1.165) is 12.1 Å². The number of nitrogens with zero attached hydrogens (tertiary/aromatic N) is 1. The summed E-state index contributed by atoms with van der Waals surface area (Å²) in [5.41, 5.74) is -1.16. The average molecular weight is 322 g/mol. The summed E-state index contributed by atoms with van der Waals surface area (Å²) in [7, 11) is -2.17. The Morgan fingerprint density at radius 3 is 2.52 bits per heavy atom. The number of nitrogens with one attached hydrogen (secondary N) is 1. The van der Waals surface area contributed by atoms with Gasteiger partial charge in [-0.2, -0.15) is 17.5 Å². The van der Waals surface area contributed by atoms with Gasteiger partial charge in [0.2, 0.25) is 10.0 Å². The molecule has 2 rings (SSSR count). The smallest absolute Gasteiger partial charge is 0.316 e. The minimum absolute atomic E-state index is 0.0332. The fraction of sp³-hybridized carbons (Fsp3) is 0.538. The van der Waals surface area contributed by atoms with E-state index in [1.54, 1.807) is 7.05 Å². The number of hydrogen-bond acceptors (Lipinski definition) is 3. The topological polar surface area (TPSA) is 49.4 Å². The average Bonchev–Trinajstić information content (AvgIpc) is 2.86. The largest absolute Gasteiger partial charge is 0.416 e. The van der Waals surface area contributed by atoms with Gasteiger partial charge in [-0.05, 0) is 38.1 Å². The molecular weight excluding hydrogens is 305 g/mol. The molecule has 0 spiro atoms. The Kier molecular flexibility index (Phi) is 4.32. The van der Waals surface area contributed by atoms with Gasteiger partial charge in [0.05, 0.1) is 10.5 Å². The Morgan fingerprint density at radius 2 is 2.00 bits per heavy atom. The van der Waals surface area contributed by atoms with Crippen LogP contribution in [0.5, 0.6) is 0 Å². The van der Waals surface area contributed by atoms with Gasteiger partial charge in [0.1, 0.15) is 0 Å². The van der Waals surface area contributed by atoms with Crippen LogP contribution in [0.25, 0.3) is 0 Å². The Bertz CT molecular complexity index is 629. The summed E-state index contributed by atoms with van der Waals surface area (Å²) in [5, 5.41) is 2.98. The summed E-state index contributed by atoms with van der Waals surface area (Å²) in [6, 6.07) is 3.29. The van der Waals surface area contributed by atoms with E-state index in [-0.39, 0.29) is 23.0 Å².